The van der Waals surface area contributed by atoms with E-state index in [2.05, 4.69) is 38.0 Å². The van der Waals surface area contributed by atoms with Crippen molar-refractivity contribution in [2.75, 3.05) is 27.2 Å². The average Bonchev–Trinajstić information content (AvgIpc) is 4.01. The molecule has 3 unspecified atom stereocenters. The molecule has 9 atom stereocenters. The lowest BCUT2D eigenvalue weighted by atomic mass is 9.83. The number of likely N-dealkylation sites (tertiary alicyclic amines) is 1. The maximum absolute atomic E-state index is 15.8. The number of hydrogen-bond acceptors (Lipinski definition) is 9. The van der Waals surface area contributed by atoms with E-state index in [-0.39, 0.29) is 60.9 Å². The Morgan fingerprint density at radius 2 is 1.21 bits per heavy atom. The molecule has 7 amide bonds. The first kappa shape index (κ1) is 58.7. The Bertz CT molecular complexity index is 2850. The largest absolute Gasteiger partial charge is 0.347 e. The molecule has 0 bridgehead atoms. The molecule has 16 nitrogen and oxygen atoms in total. The van der Waals surface area contributed by atoms with Crippen LogP contribution in [0.2, 0.25) is 0 Å². The van der Waals surface area contributed by atoms with Gasteiger partial charge in [-0.3, -0.25) is 33.6 Å². The van der Waals surface area contributed by atoms with Crippen LogP contribution in [0.4, 0.5) is 4.39 Å². The Morgan fingerprint density at radius 3 is 1.78 bits per heavy atom. The summed E-state index contributed by atoms with van der Waals surface area (Å²) >= 11 is 0. The second kappa shape index (κ2) is 24.8. The van der Waals surface area contributed by atoms with Gasteiger partial charge in [0.25, 0.3) is 11.8 Å². The van der Waals surface area contributed by atoms with E-state index in [4.69, 9.17) is 0 Å². The Hall–Kier alpha value is -6.98. The fourth-order valence-corrected chi connectivity index (χ4v) is 10.9. The lowest BCUT2D eigenvalue weighted by molar-refractivity contribution is -0.152. The van der Waals surface area contributed by atoms with Crippen molar-refractivity contribution in [1.29, 1.82) is 0 Å². The summed E-state index contributed by atoms with van der Waals surface area (Å²) in [4.78, 5) is 105. The fourth-order valence-electron chi connectivity index (χ4n) is 10.9. The topological polar surface area (TPSA) is 201 Å². The molecular weight excluding hydrogens is 990 g/mol. The van der Waals surface area contributed by atoms with Crippen LogP contribution in [0.3, 0.4) is 0 Å². The third-order valence-electron chi connectivity index (χ3n) is 15.8. The van der Waals surface area contributed by atoms with E-state index >= 15 is 9.18 Å². The van der Waals surface area contributed by atoms with E-state index in [1.54, 1.807) is 87.1 Å². The van der Waals surface area contributed by atoms with Crippen LogP contribution >= 0.6 is 0 Å². The molecule has 2 aliphatic heterocycles. The molecule has 78 heavy (non-hydrogen) atoms. The minimum Gasteiger partial charge on any atom is -0.347 e. The molecule has 4 aromatic carbocycles. The fraction of sp³-hybridized carbons (Fsp3) is 0.492. The highest BCUT2D eigenvalue weighted by atomic mass is 19.1. The summed E-state index contributed by atoms with van der Waals surface area (Å²) < 4.78 is 15.8. The van der Waals surface area contributed by atoms with Gasteiger partial charge in [0.15, 0.2) is 0 Å². The number of hydrogen-bond donors (Lipinski definition) is 6. The van der Waals surface area contributed by atoms with Crippen LogP contribution in [0.15, 0.2) is 97.1 Å². The Morgan fingerprint density at radius 1 is 0.667 bits per heavy atom. The zero-order valence-electron chi connectivity index (χ0n) is 47.2. The summed E-state index contributed by atoms with van der Waals surface area (Å²) in [6.45, 7) is 16.5. The van der Waals surface area contributed by atoms with E-state index in [9.17, 15) is 28.8 Å². The molecule has 17 heteroatoms. The van der Waals surface area contributed by atoms with Gasteiger partial charge in [-0.25, -0.2) is 4.39 Å². The molecule has 0 radical (unpaired) electrons. The molecule has 0 aromatic heterocycles. The number of amides is 7. The van der Waals surface area contributed by atoms with Gasteiger partial charge < -0.3 is 46.6 Å². The second-order valence-corrected chi connectivity index (χ2v) is 23.4. The summed E-state index contributed by atoms with van der Waals surface area (Å²) in [7, 11) is 3.32. The molecule has 6 N–H and O–H groups in total. The molecule has 0 spiro atoms. The highest BCUT2D eigenvalue weighted by Gasteiger charge is 2.47. The minimum atomic E-state index is -1.13. The van der Waals surface area contributed by atoms with E-state index in [0.717, 1.165) is 30.4 Å². The number of rotatable bonds is 17. The van der Waals surface area contributed by atoms with Crippen molar-refractivity contribution in [3.8, 4) is 0 Å². The quantitative estimate of drug-likeness (QED) is 0.0711. The first-order valence-electron chi connectivity index (χ1n) is 27.4. The Kier molecular flexibility index (Phi) is 18.6. The smallest absolute Gasteiger partial charge is 0.251 e. The van der Waals surface area contributed by atoms with Gasteiger partial charge in [-0.2, -0.15) is 0 Å². The molecule has 4 aromatic rings. The van der Waals surface area contributed by atoms with Crippen LogP contribution < -0.4 is 31.9 Å². The van der Waals surface area contributed by atoms with Gasteiger partial charge in [-0.05, 0) is 124 Å². The minimum absolute atomic E-state index is 0.0127. The summed E-state index contributed by atoms with van der Waals surface area (Å²) in [6.07, 6.45) is 3.12. The van der Waals surface area contributed by atoms with E-state index in [1.807, 2.05) is 84.0 Å². The normalized spacial score (nSPS) is 20.2. The zero-order chi connectivity index (χ0) is 56.8. The Labute approximate surface area is 459 Å². The maximum Gasteiger partial charge on any atom is 0.251 e. The summed E-state index contributed by atoms with van der Waals surface area (Å²) in [5.74, 6) is -3.33. The molecule has 418 valence electrons. The van der Waals surface area contributed by atoms with Gasteiger partial charge >= 0.3 is 0 Å². The summed E-state index contributed by atoms with van der Waals surface area (Å²) in [6, 6.07) is 21.5. The second-order valence-electron chi connectivity index (χ2n) is 23.4. The summed E-state index contributed by atoms with van der Waals surface area (Å²) in [5.41, 5.74) is 3.42. The van der Waals surface area contributed by atoms with Gasteiger partial charge in [0.05, 0.1) is 24.2 Å². The van der Waals surface area contributed by atoms with Crippen molar-refractivity contribution in [2.24, 2.45) is 10.8 Å². The predicted octanol–water partition coefficient (Wildman–Crippen LogP) is 6.21. The Balaban J connectivity index is 1.16. The van der Waals surface area contributed by atoms with Gasteiger partial charge in [0, 0.05) is 36.8 Å². The maximum atomic E-state index is 15.8. The van der Waals surface area contributed by atoms with Crippen molar-refractivity contribution in [1.82, 2.24) is 46.6 Å². The lowest BCUT2D eigenvalue weighted by Crippen LogP contribution is -2.60. The molecule has 1 aliphatic carbocycles. The lowest BCUT2D eigenvalue weighted by Gasteiger charge is -2.43. The zero-order valence-corrected chi connectivity index (χ0v) is 47.2. The highest BCUT2D eigenvalue weighted by molar-refractivity contribution is 5.97. The van der Waals surface area contributed by atoms with E-state index in [0.29, 0.717) is 17.5 Å². The van der Waals surface area contributed by atoms with E-state index in [1.165, 1.54) is 16.5 Å². The third-order valence-corrected chi connectivity index (χ3v) is 15.8. The summed E-state index contributed by atoms with van der Waals surface area (Å²) in [5, 5.41) is 18.0. The van der Waals surface area contributed by atoms with Crippen LogP contribution in [0.5, 0.6) is 0 Å². The first-order chi connectivity index (χ1) is 36.9. The number of fused-ring (bicyclic) bond motifs is 2. The average molecular weight is 1070 g/mol. The standard InChI is InChI=1S/C61H80FN9O7/c1-36(63-10)53(72)67-51(60(4,5)6)58(77)69-32-31-41-20-13-15-24-46(41)50(69)57(76)70(38(3)44-22-16-17-25-47(44)62)34-39-27-29-42(30-28-39)55(74)65-43-33-49(56(75)66-48-26-18-21-40-19-12-14-23-45(40)48)71(35-43)59(78)52(61(7,8)9)68-54(73)37(2)64-11/h12-17,19-20,22-25,27-30,36-38,43,48-52,63-64H,18,21,26,31-35H2,1-11H3,(H,65,74)(H,66,75)(H,67,72)(H,68,73)/t36-,37-,38+,43-,48?,49?,50-,51?,52+/m0/s1. The van der Waals surface area contributed by atoms with Crippen LogP contribution in [-0.4, -0.2) is 119 Å². The van der Waals surface area contributed by atoms with Gasteiger partial charge in [0.1, 0.15) is 30.0 Å². The van der Waals surface area contributed by atoms with Crippen molar-refractivity contribution >= 4 is 41.4 Å². The third kappa shape index (κ3) is 13.3. The van der Waals surface area contributed by atoms with Crippen LogP contribution in [-0.2, 0) is 48.2 Å². The number of benzene rings is 4. The van der Waals surface area contributed by atoms with Gasteiger partial charge in [-0.1, -0.05) is 120 Å². The molecule has 3 aliphatic rings. The number of likely N-dealkylation sites (N-methyl/N-ethyl adjacent to an activating group) is 2. The molecule has 1 fully saturated rings. The van der Waals surface area contributed by atoms with Crippen molar-refractivity contribution in [3.63, 3.8) is 0 Å². The number of nitrogens with one attached hydrogen (secondary N) is 6. The van der Waals surface area contributed by atoms with Crippen molar-refractivity contribution < 1.29 is 38.0 Å². The van der Waals surface area contributed by atoms with Crippen molar-refractivity contribution in [2.45, 2.75) is 155 Å². The highest BCUT2D eigenvalue weighted by Crippen LogP contribution is 2.38. The van der Waals surface area contributed by atoms with Crippen LogP contribution in [0.25, 0.3) is 0 Å². The number of nitrogens with zero attached hydrogens (tertiary/aromatic N) is 3. The molecule has 1 saturated heterocycles. The predicted molar refractivity (Wildman–Crippen MR) is 298 cm³/mol. The molecule has 7 rings (SSSR count). The number of halogens is 1. The molecule has 0 saturated carbocycles. The van der Waals surface area contributed by atoms with Crippen molar-refractivity contribution in [3.05, 3.63) is 142 Å². The number of carbonyl (C=O) groups is 7. The number of carbonyl (C=O) groups excluding carboxylic acids is 7. The van der Waals surface area contributed by atoms with Gasteiger partial charge in [0.2, 0.25) is 29.5 Å². The first-order valence-corrected chi connectivity index (χ1v) is 27.4. The monoisotopic (exact) mass is 1070 g/mol. The SMILES string of the molecule is CN[C@@H](C)C(=O)NC(C(=O)N1CCc2ccccc2[C@H]1C(=O)N(Cc1ccc(C(=O)N[C@H]2CC(C(=O)NC3CCCc4ccccc43)N(C(=O)[C@@H](NC(=O)[C@H](C)NC)C(C)(C)C)C2)cc1)[C@H](C)c1ccccc1F)C(C)(C)C. The van der Waals surface area contributed by atoms with E-state index < -0.39 is 88.6 Å². The van der Waals surface area contributed by atoms with Gasteiger partial charge in [-0.15, -0.1) is 0 Å². The van der Waals surface area contributed by atoms with Crippen LogP contribution in [0.1, 0.15) is 143 Å². The molecular formula is C61H80FN9O7. The van der Waals surface area contributed by atoms with Crippen LogP contribution in [0, 0.1) is 16.6 Å². The molecule has 2 heterocycles. The number of aryl methyl sites for hydroxylation is 1.